The number of benzene rings is 2. The number of hydrogen-bond donors (Lipinski definition) is 0. The second-order valence-electron chi connectivity index (χ2n) is 4.69. The SMILES string of the molecule is CCc1ccc(C=NN=Cc2cc(F)c(C)c(F)c2)cc1. The monoisotopic (exact) mass is 286 g/mol. The quantitative estimate of drug-likeness (QED) is 0.592. The molecule has 0 radical (unpaired) electrons. The van der Waals surface area contributed by atoms with Crippen molar-refractivity contribution in [1.29, 1.82) is 0 Å². The summed E-state index contributed by atoms with van der Waals surface area (Å²) in [6.07, 6.45) is 3.90. The summed E-state index contributed by atoms with van der Waals surface area (Å²) in [5, 5.41) is 7.68. The van der Waals surface area contributed by atoms with Crippen molar-refractivity contribution in [1.82, 2.24) is 0 Å². The Balaban J connectivity index is 2.06. The summed E-state index contributed by atoms with van der Waals surface area (Å²) in [6.45, 7) is 3.48. The molecule has 0 saturated heterocycles. The zero-order valence-corrected chi connectivity index (χ0v) is 12.0. The predicted octanol–water partition coefficient (Wildman–Crippen LogP) is 4.29. The van der Waals surface area contributed by atoms with E-state index >= 15 is 0 Å². The van der Waals surface area contributed by atoms with E-state index in [2.05, 4.69) is 17.1 Å². The molecule has 0 aliphatic rings. The van der Waals surface area contributed by atoms with E-state index in [1.54, 1.807) is 6.21 Å². The highest BCUT2D eigenvalue weighted by atomic mass is 19.1. The van der Waals surface area contributed by atoms with Crippen molar-refractivity contribution in [2.24, 2.45) is 10.2 Å². The van der Waals surface area contributed by atoms with Gasteiger partial charge >= 0.3 is 0 Å². The Morgan fingerprint density at radius 2 is 1.43 bits per heavy atom. The van der Waals surface area contributed by atoms with Crippen LogP contribution in [-0.2, 0) is 6.42 Å². The summed E-state index contributed by atoms with van der Waals surface area (Å²) in [6, 6.07) is 10.4. The van der Waals surface area contributed by atoms with Gasteiger partial charge in [-0.3, -0.25) is 0 Å². The Hall–Kier alpha value is -2.36. The van der Waals surface area contributed by atoms with Gasteiger partial charge in [0.15, 0.2) is 0 Å². The van der Waals surface area contributed by atoms with Gasteiger partial charge in [0.25, 0.3) is 0 Å². The first kappa shape index (κ1) is 15.0. The van der Waals surface area contributed by atoms with Gasteiger partial charge in [-0.15, -0.1) is 0 Å². The predicted molar refractivity (Wildman–Crippen MR) is 82.1 cm³/mol. The Morgan fingerprint density at radius 3 is 1.95 bits per heavy atom. The number of rotatable bonds is 4. The van der Waals surface area contributed by atoms with Gasteiger partial charge in [-0.05, 0) is 36.6 Å². The molecule has 0 aromatic heterocycles. The van der Waals surface area contributed by atoms with Crippen LogP contribution in [-0.4, -0.2) is 12.4 Å². The average Bonchev–Trinajstić information content (AvgIpc) is 2.49. The third-order valence-corrected chi connectivity index (χ3v) is 3.17. The highest BCUT2D eigenvalue weighted by Crippen LogP contribution is 2.12. The van der Waals surface area contributed by atoms with E-state index in [0.717, 1.165) is 12.0 Å². The van der Waals surface area contributed by atoms with Crippen molar-refractivity contribution in [2.75, 3.05) is 0 Å². The normalized spacial score (nSPS) is 11.6. The van der Waals surface area contributed by atoms with Crippen LogP contribution in [0, 0.1) is 18.6 Å². The maximum absolute atomic E-state index is 13.3. The maximum atomic E-state index is 13.3. The van der Waals surface area contributed by atoms with Gasteiger partial charge in [0, 0.05) is 11.1 Å². The van der Waals surface area contributed by atoms with Gasteiger partial charge in [-0.1, -0.05) is 31.2 Å². The molecule has 0 heterocycles. The van der Waals surface area contributed by atoms with Crippen LogP contribution in [0.5, 0.6) is 0 Å². The molecule has 2 aromatic carbocycles. The zero-order chi connectivity index (χ0) is 15.2. The van der Waals surface area contributed by atoms with Crippen LogP contribution in [0.25, 0.3) is 0 Å². The van der Waals surface area contributed by atoms with E-state index in [1.807, 2.05) is 24.3 Å². The summed E-state index contributed by atoms with van der Waals surface area (Å²) in [4.78, 5) is 0. The molecule has 2 rings (SSSR count). The van der Waals surface area contributed by atoms with Crippen molar-refractivity contribution in [3.8, 4) is 0 Å². The minimum Gasteiger partial charge on any atom is -0.207 e. The summed E-state index contributed by atoms with van der Waals surface area (Å²) < 4.78 is 26.7. The van der Waals surface area contributed by atoms with Crippen LogP contribution in [0.15, 0.2) is 46.6 Å². The van der Waals surface area contributed by atoms with E-state index in [9.17, 15) is 8.78 Å². The first-order valence-electron chi connectivity index (χ1n) is 6.71. The van der Waals surface area contributed by atoms with E-state index in [0.29, 0.717) is 5.56 Å². The second kappa shape index (κ2) is 6.88. The summed E-state index contributed by atoms with van der Waals surface area (Å²) in [5.74, 6) is -1.17. The molecule has 2 nitrogen and oxygen atoms in total. The van der Waals surface area contributed by atoms with Crippen LogP contribution < -0.4 is 0 Å². The molecule has 0 saturated carbocycles. The zero-order valence-electron chi connectivity index (χ0n) is 12.0. The van der Waals surface area contributed by atoms with Crippen LogP contribution in [0.2, 0.25) is 0 Å². The van der Waals surface area contributed by atoms with Crippen molar-refractivity contribution >= 4 is 12.4 Å². The van der Waals surface area contributed by atoms with Gasteiger partial charge in [-0.25, -0.2) is 8.78 Å². The van der Waals surface area contributed by atoms with Gasteiger partial charge in [-0.2, -0.15) is 10.2 Å². The van der Waals surface area contributed by atoms with Gasteiger partial charge < -0.3 is 0 Å². The van der Waals surface area contributed by atoms with Crippen molar-refractivity contribution < 1.29 is 8.78 Å². The lowest BCUT2D eigenvalue weighted by atomic mass is 10.1. The molecule has 0 unspecified atom stereocenters. The molecule has 0 spiro atoms. The van der Waals surface area contributed by atoms with Gasteiger partial charge in [0.05, 0.1) is 12.4 Å². The van der Waals surface area contributed by atoms with Crippen LogP contribution in [0.1, 0.15) is 29.2 Å². The lowest BCUT2D eigenvalue weighted by molar-refractivity contribution is 0.568. The molecule has 0 N–H and O–H groups in total. The molecule has 0 amide bonds. The minimum atomic E-state index is -0.587. The number of nitrogens with zero attached hydrogens (tertiary/aromatic N) is 2. The van der Waals surface area contributed by atoms with Crippen LogP contribution >= 0.6 is 0 Å². The first-order valence-corrected chi connectivity index (χ1v) is 6.71. The average molecular weight is 286 g/mol. The highest BCUT2D eigenvalue weighted by Gasteiger charge is 2.04. The Morgan fingerprint density at radius 1 is 0.905 bits per heavy atom. The van der Waals surface area contributed by atoms with Gasteiger partial charge in [0.2, 0.25) is 0 Å². The summed E-state index contributed by atoms with van der Waals surface area (Å²) in [7, 11) is 0. The molecule has 0 aliphatic heterocycles. The topological polar surface area (TPSA) is 24.7 Å². The first-order chi connectivity index (χ1) is 10.1. The fourth-order valence-corrected chi connectivity index (χ4v) is 1.78. The third-order valence-electron chi connectivity index (χ3n) is 3.17. The third kappa shape index (κ3) is 4.05. The van der Waals surface area contributed by atoms with Crippen molar-refractivity contribution in [3.05, 3.63) is 70.3 Å². The molecular formula is C17H16F2N2. The number of aryl methyl sites for hydroxylation is 1. The second-order valence-corrected chi connectivity index (χ2v) is 4.69. The molecule has 108 valence electrons. The lowest BCUT2D eigenvalue weighted by Crippen LogP contribution is -1.92. The van der Waals surface area contributed by atoms with Crippen molar-refractivity contribution in [2.45, 2.75) is 20.3 Å². The fraction of sp³-hybridized carbons (Fsp3) is 0.176. The minimum absolute atomic E-state index is 0.00617. The molecule has 0 aliphatic carbocycles. The molecule has 0 atom stereocenters. The highest BCUT2D eigenvalue weighted by molar-refractivity contribution is 5.82. The van der Waals surface area contributed by atoms with Crippen LogP contribution in [0.4, 0.5) is 8.78 Å². The maximum Gasteiger partial charge on any atom is 0.129 e. The Labute approximate surface area is 122 Å². The molecule has 0 fully saturated rings. The Bertz CT molecular complexity index is 651. The number of halogens is 2. The van der Waals surface area contributed by atoms with Gasteiger partial charge in [0.1, 0.15) is 11.6 Å². The summed E-state index contributed by atoms with van der Waals surface area (Å²) >= 11 is 0. The Kier molecular flexibility index (Phi) is 4.93. The smallest absolute Gasteiger partial charge is 0.129 e. The van der Waals surface area contributed by atoms with E-state index in [4.69, 9.17) is 0 Å². The summed E-state index contributed by atoms with van der Waals surface area (Å²) in [5.41, 5.74) is 2.52. The standard InChI is InChI=1S/C17H16F2N2/c1-3-13-4-6-14(7-5-13)10-20-21-11-15-8-16(18)12(2)17(19)9-15/h4-11H,3H2,1-2H3. The molecule has 0 bridgehead atoms. The fourth-order valence-electron chi connectivity index (χ4n) is 1.78. The number of hydrogen-bond acceptors (Lipinski definition) is 2. The largest absolute Gasteiger partial charge is 0.207 e. The molecular weight excluding hydrogens is 270 g/mol. The van der Waals surface area contributed by atoms with E-state index in [-0.39, 0.29) is 5.56 Å². The molecule has 2 aromatic rings. The molecule has 4 heteroatoms. The van der Waals surface area contributed by atoms with E-state index < -0.39 is 11.6 Å². The molecule has 21 heavy (non-hydrogen) atoms. The van der Waals surface area contributed by atoms with E-state index in [1.165, 1.54) is 30.8 Å². The lowest BCUT2D eigenvalue weighted by Gasteiger charge is -1.99. The van der Waals surface area contributed by atoms with Crippen molar-refractivity contribution in [3.63, 3.8) is 0 Å². The van der Waals surface area contributed by atoms with Crippen LogP contribution in [0.3, 0.4) is 0 Å².